The van der Waals surface area contributed by atoms with Crippen LogP contribution in [0.2, 0.25) is 5.02 Å². The Morgan fingerprint density at radius 2 is 1.25 bits per heavy atom. The van der Waals surface area contributed by atoms with E-state index in [1.165, 1.54) is 33.4 Å². The number of fused-ring (bicyclic) bond motifs is 12. The largest absolute Gasteiger partial charge is 0.457 e. The number of ether oxygens (including phenoxy) is 1. The van der Waals surface area contributed by atoms with Crippen LogP contribution in [0.1, 0.15) is 40.7 Å². The van der Waals surface area contributed by atoms with Crippen molar-refractivity contribution in [2.24, 2.45) is 0 Å². The molecule has 1 aromatic heterocycles. The molecule has 280 valence electrons. The monoisotopic (exact) mass is 777 g/mol. The number of benzene rings is 8. The zero-order chi connectivity index (χ0) is 39.1. The summed E-state index contributed by atoms with van der Waals surface area (Å²) in [5, 5.41) is 2.83. The Kier molecular flexibility index (Phi) is 7.63. The highest BCUT2D eigenvalue weighted by atomic mass is 35.5. The number of halogens is 1. The molecule has 12 rings (SSSR count). The second-order valence-corrected chi connectivity index (χ2v) is 16.1. The maximum atomic E-state index is 7.02. The van der Waals surface area contributed by atoms with Gasteiger partial charge in [-0.25, -0.2) is 0 Å². The summed E-state index contributed by atoms with van der Waals surface area (Å²) < 4.78 is 13.7. The van der Waals surface area contributed by atoms with Crippen molar-refractivity contribution in [1.29, 1.82) is 0 Å². The molecule has 0 unspecified atom stereocenters. The zero-order valence-corrected chi connectivity index (χ0v) is 32.8. The van der Waals surface area contributed by atoms with E-state index in [0.717, 1.165) is 85.6 Å². The molecule has 1 aliphatic heterocycles. The molecule has 2 aliphatic carbocycles. The summed E-state index contributed by atoms with van der Waals surface area (Å²) in [6.07, 6.45) is 8.70. The summed E-state index contributed by atoms with van der Waals surface area (Å²) in [7, 11) is 0. The molecule has 2 heterocycles. The Hall–Kier alpha value is -7.07. The summed E-state index contributed by atoms with van der Waals surface area (Å²) in [5.41, 5.74) is 15.9. The minimum Gasteiger partial charge on any atom is -0.457 e. The lowest BCUT2D eigenvalue weighted by molar-refractivity contribution is 0.436. The number of rotatable bonds is 5. The van der Waals surface area contributed by atoms with Crippen LogP contribution in [0.5, 0.6) is 11.5 Å². The molecule has 4 heteroatoms. The lowest BCUT2D eigenvalue weighted by atomic mass is 9.66. The van der Waals surface area contributed by atoms with Crippen LogP contribution in [-0.4, -0.2) is 0 Å². The van der Waals surface area contributed by atoms with Gasteiger partial charge in [-0.15, -0.1) is 0 Å². The lowest BCUT2D eigenvalue weighted by Gasteiger charge is -2.40. The first-order valence-corrected chi connectivity index (χ1v) is 20.6. The van der Waals surface area contributed by atoms with Crippen LogP contribution < -0.4 is 9.64 Å². The number of hydrogen-bond acceptors (Lipinski definition) is 3. The van der Waals surface area contributed by atoms with Gasteiger partial charge in [-0.3, -0.25) is 0 Å². The predicted molar refractivity (Wildman–Crippen MR) is 243 cm³/mol. The molecule has 59 heavy (non-hydrogen) atoms. The van der Waals surface area contributed by atoms with Crippen molar-refractivity contribution in [3.63, 3.8) is 0 Å². The SMILES string of the molecule is Clc1ccc2c(c1)C1(c3ccc(N(c4cccc(C5=CC=CCC5)c4)c4cc(-c5ccccc5)c5oc6ccccc6c5c4)cc3O2)c2ccccc2-c2ccccc21. The van der Waals surface area contributed by atoms with Crippen molar-refractivity contribution in [2.45, 2.75) is 18.3 Å². The van der Waals surface area contributed by atoms with Crippen molar-refractivity contribution in [3.05, 3.63) is 227 Å². The van der Waals surface area contributed by atoms with Crippen LogP contribution in [-0.2, 0) is 5.41 Å². The topological polar surface area (TPSA) is 25.6 Å². The molecule has 8 aromatic carbocycles. The third kappa shape index (κ3) is 5.15. The van der Waals surface area contributed by atoms with Crippen molar-refractivity contribution in [3.8, 4) is 33.8 Å². The van der Waals surface area contributed by atoms with E-state index in [1.54, 1.807) is 0 Å². The summed E-state index contributed by atoms with van der Waals surface area (Å²) in [6.45, 7) is 0. The van der Waals surface area contributed by atoms with Crippen molar-refractivity contribution >= 4 is 56.2 Å². The number of hydrogen-bond donors (Lipinski definition) is 0. The molecule has 1 spiro atoms. The molecule has 0 atom stereocenters. The van der Waals surface area contributed by atoms with E-state index >= 15 is 0 Å². The lowest BCUT2D eigenvalue weighted by Crippen LogP contribution is -2.32. The third-order valence-electron chi connectivity index (χ3n) is 12.4. The Labute approximate surface area is 347 Å². The van der Waals surface area contributed by atoms with Crippen molar-refractivity contribution in [1.82, 2.24) is 0 Å². The van der Waals surface area contributed by atoms with Gasteiger partial charge in [-0.1, -0.05) is 145 Å². The first-order chi connectivity index (χ1) is 29.1. The van der Waals surface area contributed by atoms with Gasteiger partial charge in [0.1, 0.15) is 22.7 Å². The van der Waals surface area contributed by atoms with E-state index in [2.05, 4.69) is 181 Å². The quantitative estimate of drug-likeness (QED) is 0.174. The van der Waals surface area contributed by atoms with Crippen LogP contribution in [0.3, 0.4) is 0 Å². The Balaban J connectivity index is 1.13. The average molecular weight is 778 g/mol. The molecular formula is C55H36ClNO2. The number of para-hydroxylation sites is 1. The van der Waals surface area contributed by atoms with E-state index < -0.39 is 5.41 Å². The number of furan rings is 1. The van der Waals surface area contributed by atoms with Crippen LogP contribution in [0.4, 0.5) is 17.1 Å². The van der Waals surface area contributed by atoms with Gasteiger partial charge in [0.15, 0.2) is 0 Å². The zero-order valence-electron chi connectivity index (χ0n) is 32.0. The molecule has 3 aliphatic rings. The van der Waals surface area contributed by atoms with Crippen LogP contribution >= 0.6 is 11.6 Å². The van der Waals surface area contributed by atoms with E-state index in [9.17, 15) is 0 Å². The highest BCUT2D eigenvalue weighted by Gasteiger charge is 2.51. The minimum absolute atomic E-state index is 0.625. The fraction of sp³-hybridized carbons (Fsp3) is 0.0545. The van der Waals surface area contributed by atoms with Gasteiger partial charge in [0.2, 0.25) is 0 Å². The standard InChI is InChI=1S/C55H36ClNO2/c56-38-26-29-52-50(31-38)55(47-23-10-7-20-42(47)43-21-8-11-24-48(43)55)49-28-27-40(34-53(49)58-52)57(39-19-13-18-37(30-39)35-14-3-1-4-15-35)41-32-45(36-16-5-2-6-17-36)54-46(33-41)44-22-9-12-25-51(44)59-54/h1-3,5-14,16-34H,4,15H2. The summed E-state index contributed by atoms with van der Waals surface area (Å²) in [6, 6.07) is 62.8. The predicted octanol–water partition coefficient (Wildman–Crippen LogP) is 15.6. The average Bonchev–Trinajstić information content (AvgIpc) is 3.81. The molecule has 0 N–H and O–H groups in total. The maximum absolute atomic E-state index is 7.02. The molecule has 0 bridgehead atoms. The molecule has 3 nitrogen and oxygen atoms in total. The molecule has 0 saturated carbocycles. The second kappa shape index (κ2) is 13.2. The normalized spacial score (nSPS) is 14.4. The Morgan fingerprint density at radius 3 is 2.07 bits per heavy atom. The van der Waals surface area contributed by atoms with E-state index in [1.807, 2.05) is 18.2 Å². The van der Waals surface area contributed by atoms with Crippen LogP contribution in [0.25, 0.3) is 49.8 Å². The minimum atomic E-state index is -0.625. The molecule has 0 saturated heterocycles. The maximum Gasteiger partial charge on any atom is 0.143 e. The van der Waals surface area contributed by atoms with Crippen LogP contribution in [0.15, 0.2) is 199 Å². The first kappa shape index (κ1) is 34.0. The van der Waals surface area contributed by atoms with Gasteiger partial charge >= 0.3 is 0 Å². The third-order valence-corrected chi connectivity index (χ3v) is 12.7. The van der Waals surface area contributed by atoms with Gasteiger partial charge in [-0.2, -0.15) is 0 Å². The van der Waals surface area contributed by atoms with Gasteiger partial charge in [0.25, 0.3) is 0 Å². The van der Waals surface area contributed by atoms with Gasteiger partial charge in [-0.05, 0) is 106 Å². The summed E-state index contributed by atoms with van der Waals surface area (Å²) >= 11 is 6.84. The highest BCUT2D eigenvalue weighted by molar-refractivity contribution is 6.30. The van der Waals surface area contributed by atoms with Crippen molar-refractivity contribution in [2.75, 3.05) is 4.90 Å². The molecule has 9 aromatic rings. The summed E-state index contributed by atoms with van der Waals surface area (Å²) in [5.74, 6) is 1.61. The van der Waals surface area contributed by atoms with Crippen LogP contribution in [0, 0.1) is 0 Å². The van der Waals surface area contributed by atoms with E-state index in [-0.39, 0.29) is 0 Å². The van der Waals surface area contributed by atoms with E-state index in [0.29, 0.717) is 5.02 Å². The van der Waals surface area contributed by atoms with E-state index in [4.69, 9.17) is 20.8 Å². The smallest absolute Gasteiger partial charge is 0.143 e. The molecular weight excluding hydrogens is 742 g/mol. The van der Waals surface area contributed by atoms with Gasteiger partial charge < -0.3 is 14.1 Å². The Bertz CT molecular complexity index is 3180. The molecule has 0 fully saturated rings. The van der Waals surface area contributed by atoms with Gasteiger partial charge in [0, 0.05) is 55.6 Å². The highest BCUT2D eigenvalue weighted by Crippen LogP contribution is 2.63. The van der Waals surface area contributed by atoms with Crippen molar-refractivity contribution < 1.29 is 9.15 Å². The molecule has 0 radical (unpaired) electrons. The fourth-order valence-electron chi connectivity index (χ4n) is 9.92. The number of nitrogens with zero attached hydrogens (tertiary/aromatic N) is 1. The number of allylic oxidation sites excluding steroid dienone is 4. The van der Waals surface area contributed by atoms with Gasteiger partial charge in [0.05, 0.1) is 5.41 Å². The summed E-state index contributed by atoms with van der Waals surface area (Å²) in [4.78, 5) is 2.38. The fourth-order valence-corrected chi connectivity index (χ4v) is 10.1. The Morgan fingerprint density at radius 1 is 0.508 bits per heavy atom. The first-order valence-electron chi connectivity index (χ1n) is 20.2. The molecule has 0 amide bonds. The number of anilines is 3. The second-order valence-electron chi connectivity index (χ2n) is 15.6.